The van der Waals surface area contributed by atoms with E-state index in [9.17, 15) is 4.79 Å². The van der Waals surface area contributed by atoms with Crippen LogP contribution in [0.15, 0.2) is 52.1 Å². The van der Waals surface area contributed by atoms with Gasteiger partial charge in [-0.3, -0.25) is 5.32 Å². The smallest absolute Gasteiger partial charge is 0.411 e. The Hall–Kier alpha value is -2.05. The number of ether oxygens (including phenoxy) is 1. The number of allylic oxidation sites excluding steroid dienone is 3. The van der Waals surface area contributed by atoms with E-state index in [0.29, 0.717) is 28.8 Å². The van der Waals surface area contributed by atoms with Crippen LogP contribution in [0, 0.1) is 0 Å². The number of rotatable bonds is 5. The van der Waals surface area contributed by atoms with Crippen molar-refractivity contribution in [2.75, 3.05) is 17.2 Å². The lowest BCUT2D eigenvalue weighted by Gasteiger charge is -2.17. The number of carbonyl (C=O) groups is 1. The highest BCUT2D eigenvalue weighted by Gasteiger charge is 2.15. The first-order valence-electron chi connectivity index (χ1n) is 8.66. The van der Waals surface area contributed by atoms with Crippen molar-refractivity contribution in [2.24, 2.45) is 4.99 Å². The maximum Gasteiger partial charge on any atom is 0.411 e. The van der Waals surface area contributed by atoms with Gasteiger partial charge in [0.2, 0.25) is 0 Å². The lowest BCUT2D eigenvalue weighted by molar-refractivity contribution is 0.167. The summed E-state index contributed by atoms with van der Waals surface area (Å²) in [5.41, 5.74) is 2.20. The highest BCUT2D eigenvalue weighted by Crippen LogP contribution is 2.24. The monoisotopic (exact) mass is 391 g/mol. The largest absolute Gasteiger partial charge is 0.450 e. The molecular weight excluding hydrogens is 366 g/mol. The van der Waals surface area contributed by atoms with Crippen molar-refractivity contribution in [3.63, 3.8) is 0 Å². The van der Waals surface area contributed by atoms with E-state index in [2.05, 4.69) is 35.3 Å². The molecule has 1 amide bonds. The van der Waals surface area contributed by atoms with Gasteiger partial charge in [0.25, 0.3) is 0 Å². The number of amides is 1. The van der Waals surface area contributed by atoms with Gasteiger partial charge in [-0.2, -0.15) is 0 Å². The van der Waals surface area contributed by atoms with Crippen molar-refractivity contribution in [3.8, 4) is 0 Å². The second kappa shape index (κ2) is 9.05. The normalized spacial score (nSPS) is 14.6. The first-order chi connectivity index (χ1) is 12.2. The zero-order chi connectivity index (χ0) is 19.2. The quantitative estimate of drug-likeness (QED) is 0.622. The number of amidine groups is 1. The molecule has 0 unspecified atom stereocenters. The number of benzene rings is 1. The predicted octanol–water partition coefficient (Wildman–Crippen LogP) is 5.81. The van der Waals surface area contributed by atoms with Gasteiger partial charge in [0, 0.05) is 13.8 Å². The number of hydrogen-bond donors (Lipinski definition) is 2. The average molecular weight is 392 g/mol. The third-order valence-corrected chi connectivity index (χ3v) is 5.76. The SMILES string of the molecule is CC1=CCC=C(Cl)C(Nc2ccccc2NC(=O)OCC[Si](C)(C)C)=N1. The molecule has 2 rings (SSSR count). The van der Waals surface area contributed by atoms with E-state index in [-0.39, 0.29) is 0 Å². The third-order valence-electron chi connectivity index (χ3n) is 3.73. The van der Waals surface area contributed by atoms with Crippen LogP contribution in [0.3, 0.4) is 0 Å². The standard InChI is InChI=1S/C19H26ClN3O2Si/c1-14-8-7-9-15(20)18(21-14)22-16-10-5-6-11-17(16)23-19(24)25-12-13-26(2,3)4/h5-6,8-11H,7,12-13H2,1-4H3,(H,21,22)(H,23,24). The molecule has 1 aromatic carbocycles. The van der Waals surface area contributed by atoms with E-state index in [4.69, 9.17) is 16.3 Å². The molecule has 1 aliphatic heterocycles. The summed E-state index contributed by atoms with van der Waals surface area (Å²) in [6.07, 6.45) is 4.17. The molecule has 0 saturated carbocycles. The van der Waals surface area contributed by atoms with Gasteiger partial charge in [0.05, 0.1) is 23.0 Å². The Bertz CT molecular complexity index is 751. The summed E-state index contributed by atoms with van der Waals surface area (Å²) in [6, 6.07) is 8.32. The van der Waals surface area contributed by atoms with Crippen LogP contribution in [-0.2, 0) is 4.74 Å². The molecule has 0 aliphatic carbocycles. The fraction of sp³-hybridized carbons (Fsp3) is 0.368. The number of nitrogens with one attached hydrogen (secondary N) is 2. The number of halogens is 1. The van der Waals surface area contributed by atoms with Crippen LogP contribution in [0.25, 0.3) is 0 Å². The van der Waals surface area contributed by atoms with Gasteiger partial charge in [-0.1, -0.05) is 55.5 Å². The predicted molar refractivity (Wildman–Crippen MR) is 113 cm³/mol. The molecule has 0 fully saturated rings. The summed E-state index contributed by atoms with van der Waals surface area (Å²) in [7, 11) is -1.23. The highest BCUT2D eigenvalue weighted by molar-refractivity contribution is 6.76. The van der Waals surface area contributed by atoms with E-state index in [0.717, 1.165) is 18.2 Å². The molecule has 0 bridgehead atoms. The van der Waals surface area contributed by atoms with E-state index in [1.165, 1.54) is 0 Å². The van der Waals surface area contributed by atoms with Crippen molar-refractivity contribution < 1.29 is 9.53 Å². The summed E-state index contributed by atoms with van der Waals surface area (Å²) in [5, 5.41) is 6.54. The van der Waals surface area contributed by atoms with Crippen LogP contribution >= 0.6 is 11.6 Å². The van der Waals surface area contributed by atoms with Gasteiger partial charge < -0.3 is 10.1 Å². The lowest BCUT2D eigenvalue weighted by Crippen LogP contribution is -2.24. The molecule has 1 heterocycles. The van der Waals surface area contributed by atoms with Crippen LogP contribution in [0.2, 0.25) is 25.7 Å². The summed E-state index contributed by atoms with van der Waals surface area (Å²) in [4.78, 5) is 16.6. The summed E-state index contributed by atoms with van der Waals surface area (Å²) < 4.78 is 5.31. The average Bonchev–Trinajstić information content (AvgIpc) is 2.69. The molecule has 0 atom stereocenters. The highest BCUT2D eigenvalue weighted by atomic mass is 35.5. The zero-order valence-corrected chi connectivity index (χ0v) is 17.5. The Labute approximate surface area is 161 Å². The summed E-state index contributed by atoms with van der Waals surface area (Å²) in [5.74, 6) is 0.555. The molecular formula is C19H26ClN3O2Si. The Kier molecular flexibility index (Phi) is 7.05. The number of nitrogens with zero attached hydrogens (tertiary/aromatic N) is 1. The maximum atomic E-state index is 12.1. The van der Waals surface area contributed by atoms with E-state index in [1.807, 2.05) is 37.3 Å². The minimum atomic E-state index is -1.23. The van der Waals surface area contributed by atoms with Crippen LogP contribution < -0.4 is 10.6 Å². The Morgan fingerprint density at radius 3 is 2.62 bits per heavy atom. The first-order valence-corrected chi connectivity index (χ1v) is 12.7. The number of hydrogen-bond acceptors (Lipinski definition) is 4. The van der Waals surface area contributed by atoms with Gasteiger partial charge in [0.1, 0.15) is 5.84 Å². The van der Waals surface area contributed by atoms with Crippen LogP contribution in [0.5, 0.6) is 0 Å². The molecule has 0 aromatic heterocycles. The second-order valence-electron chi connectivity index (χ2n) is 7.34. The number of aliphatic imine (C=N–C) groups is 1. The van der Waals surface area contributed by atoms with E-state index < -0.39 is 14.2 Å². The Morgan fingerprint density at radius 1 is 1.23 bits per heavy atom. The van der Waals surface area contributed by atoms with Gasteiger partial charge in [0.15, 0.2) is 0 Å². The minimum Gasteiger partial charge on any atom is -0.450 e. The fourth-order valence-electron chi connectivity index (χ4n) is 2.22. The third kappa shape index (κ3) is 6.69. The Morgan fingerprint density at radius 2 is 1.92 bits per heavy atom. The van der Waals surface area contributed by atoms with Crippen molar-refractivity contribution in [2.45, 2.75) is 39.0 Å². The van der Waals surface area contributed by atoms with Gasteiger partial charge in [-0.25, -0.2) is 9.79 Å². The molecule has 7 heteroatoms. The molecule has 140 valence electrons. The molecule has 1 aromatic rings. The van der Waals surface area contributed by atoms with E-state index in [1.54, 1.807) is 6.07 Å². The van der Waals surface area contributed by atoms with Gasteiger partial charge >= 0.3 is 6.09 Å². The molecule has 0 radical (unpaired) electrons. The molecule has 5 nitrogen and oxygen atoms in total. The van der Waals surface area contributed by atoms with Crippen molar-refractivity contribution >= 4 is 43.0 Å². The molecule has 2 N–H and O–H groups in total. The number of carbonyl (C=O) groups excluding carboxylic acids is 1. The second-order valence-corrected chi connectivity index (χ2v) is 13.4. The number of anilines is 2. The van der Waals surface area contributed by atoms with E-state index >= 15 is 0 Å². The first kappa shape index (κ1) is 20.3. The van der Waals surface area contributed by atoms with Gasteiger partial charge in [-0.15, -0.1) is 0 Å². The summed E-state index contributed by atoms with van der Waals surface area (Å²) >= 11 is 6.30. The zero-order valence-electron chi connectivity index (χ0n) is 15.7. The molecule has 0 spiro atoms. The maximum absolute atomic E-state index is 12.1. The number of para-hydroxylation sites is 2. The fourth-order valence-corrected chi connectivity index (χ4v) is 3.11. The van der Waals surface area contributed by atoms with Crippen molar-refractivity contribution in [1.82, 2.24) is 0 Å². The molecule has 26 heavy (non-hydrogen) atoms. The minimum absolute atomic E-state index is 0.433. The van der Waals surface area contributed by atoms with Crippen LogP contribution in [0.1, 0.15) is 13.3 Å². The van der Waals surface area contributed by atoms with Gasteiger partial charge in [-0.05, 0) is 31.5 Å². The lowest BCUT2D eigenvalue weighted by atomic mass is 10.2. The van der Waals surface area contributed by atoms with Crippen molar-refractivity contribution in [1.29, 1.82) is 0 Å². The van der Waals surface area contributed by atoms with Crippen molar-refractivity contribution in [3.05, 3.63) is 47.1 Å². The topological polar surface area (TPSA) is 62.7 Å². The molecule has 1 aliphatic rings. The van der Waals surface area contributed by atoms with Crippen LogP contribution in [0.4, 0.5) is 16.2 Å². The Balaban J connectivity index is 2.06. The van der Waals surface area contributed by atoms with Crippen LogP contribution in [-0.4, -0.2) is 26.6 Å². The molecule has 0 saturated heterocycles. The summed E-state index contributed by atoms with van der Waals surface area (Å²) in [6.45, 7) is 9.09.